The van der Waals surface area contributed by atoms with Gasteiger partial charge in [0, 0.05) is 22.6 Å². The monoisotopic (exact) mass is 178 g/mol. The lowest BCUT2D eigenvalue weighted by Crippen LogP contribution is -2.43. The van der Waals surface area contributed by atoms with Gasteiger partial charge in [-0.15, -0.1) is 0 Å². The van der Waals surface area contributed by atoms with Gasteiger partial charge in [0.2, 0.25) is 0 Å². The maximum absolute atomic E-state index is 12.7. The first-order chi connectivity index (χ1) is 7.52. The van der Waals surface area contributed by atoms with E-state index in [1.165, 1.54) is 6.92 Å². The van der Waals surface area contributed by atoms with Crippen LogP contribution in [0, 0.1) is 5.41 Å². The van der Waals surface area contributed by atoms with E-state index in [0.717, 1.165) is 4.90 Å². The van der Waals surface area contributed by atoms with Gasteiger partial charge in [0.1, 0.15) is 0 Å². The molecule has 0 bridgehead atoms. The first kappa shape index (κ1) is 4.72. The zero-order valence-corrected chi connectivity index (χ0v) is 6.97. The molecular formula is C9H16FNO. The lowest BCUT2D eigenvalue weighted by atomic mass is 9.79. The minimum absolute atomic E-state index is 0.0887. The Balaban J connectivity index is 3.07. The molecule has 1 aliphatic rings. The molecule has 1 N–H and O–H groups in total. The van der Waals surface area contributed by atoms with E-state index in [1.807, 2.05) is 0 Å². The number of likely N-dealkylation sites (tertiary alicyclic amines) is 1. The summed E-state index contributed by atoms with van der Waals surface area (Å²) in [5, 5.41) is 9.50. The van der Waals surface area contributed by atoms with E-state index >= 15 is 0 Å². The number of rotatable bonds is 1. The first-order valence-electron chi connectivity index (χ1n) is 6.29. The van der Waals surface area contributed by atoms with E-state index in [1.54, 1.807) is 0 Å². The van der Waals surface area contributed by atoms with Crippen molar-refractivity contribution in [2.45, 2.75) is 13.3 Å². The van der Waals surface area contributed by atoms with E-state index in [9.17, 15) is 9.50 Å². The summed E-state index contributed by atoms with van der Waals surface area (Å²) in [5.41, 5.74) is -1.44. The molecule has 0 saturated carbocycles. The van der Waals surface area contributed by atoms with Crippen molar-refractivity contribution >= 4 is 0 Å². The van der Waals surface area contributed by atoms with Crippen LogP contribution in [0.2, 0.25) is 0 Å². The van der Waals surface area contributed by atoms with Crippen LogP contribution in [-0.2, 0) is 0 Å². The number of aliphatic hydroxyl groups is 1. The smallest absolute Gasteiger partial charge is 0.0866 e. The Morgan fingerprint density at radius 3 is 3.25 bits per heavy atom. The molecule has 1 rings (SSSR count). The predicted molar refractivity (Wildman–Crippen MR) is 46.5 cm³/mol. The second kappa shape index (κ2) is 3.54. The van der Waals surface area contributed by atoms with Crippen LogP contribution in [-0.4, -0.2) is 36.6 Å². The molecule has 0 aromatic rings. The predicted octanol–water partition coefficient (Wildman–Crippen LogP) is 1.17. The van der Waals surface area contributed by atoms with Crippen LogP contribution >= 0.6 is 0 Å². The molecule has 0 aromatic heterocycles. The second-order valence-electron chi connectivity index (χ2n) is 3.25. The molecule has 1 fully saturated rings. The molecule has 3 heteroatoms. The number of nitrogens with zero attached hydrogens (tertiary/aromatic N) is 1. The summed E-state index contributed by atoms with van der Waals surface area (Å²) in [6.07, 6.45) is 0.358. The topological polar surface area (TPSA) is 23.5 Å². The Morgan fingerprint density at radius 1 is 2.00 bits per heavy atom. The normalized spacial score (nSPS) is 44.2. The largest absolute Gasteiger partial charge is 0.395 e. The van der Waals surface area contributed by atoms with Gasteiger partial charge in [-0.05, 0) is 19.0 Å². The van der Waals surface area contributed by atoms with Crippen LogP contribution in [0.1, 0.15) is 20.2 Å². The highest BCUT2D eigenvalue weighted by Gasteiger charge is 2.33. The molecule has 0 radical (unpaired) electrons. The minimum Gasteiger partial charge on any atom is -0.395 e. The minimum atomic E-state index is -2.67. The van der Waals surface area contributed by atoms with Crippen LogP contribution < -0.4 is 0 Å². The van der Waals surface area contributed by atoms with E-state index in [2.05, 4.69) is 0 Å². The van der Waals surface area contributed by atoms with Crippen LogP contribution in [0.25, 0.3) is 0 Å². The molecule has 0 aromatic carbocycles. The van der Waals surface area contributed by atoms with Crippen molar-refractivity contribution in [1.29, 1.82) is 0 Å². The standard InChI is InChI=1S/C9H16FNO/c1-9(7-12)6-11(2)4-3-8(9)5-10/h5,12H,3-4,6-7H2,1-2H3/t9-/m1/s1/i2D3,7D2. The van der Waals surface area contributed by atoms with Crippen molar-refractivity contribution in [3.8, 4) is 0 Å². The van der Waals surface area contributed by atoms with E-state index in [0.29, 0.717) is 0 Å². The molecular weight excluding hydrogens is 157 g/mol. The Labute approximate surface area is 79.7 Å². The van der Waals surface area contributed by atoms with Crippen LogP contribution in [0.3, 0.4) is 0 Å². The third-order valence-electron chi connectivity index (χ3n) is 2.25. The Hall–Kier alpha value is -0.410. The molecule has 1 heterocycles. The van der Waals surface area contributed by atoms with Crippen molar-refractivity contribution in [2.75, 3.05) is 26.6 Å². The summed E-state index contributed by atoms with van der Waals surface area (Å²) in [4.78, 5) is 1.08. The third-order valence-corrected chi connectivity index (χ3v) is 2.25. The lowest BCUT2D eigenvalue weighted by molar-refractivity contribution is 0.102. The molecule has 0 aliphatic carbocycles. The number of halogens is 1. The lowest BCUT2D eigenvalue weighted by Gasteiger charge is -2.39. The molecule has 0 spiro atoms. The molecule has 0 unspecified atom stereocenters. The molecule has 1 aliphatic heterocycles. The van der Waals surface area contributed by atoms with Gasteiger partial charge in [-0.25, -0.2) is 4.39 Å². The van der Waals surface area contributed by atoms with Crippen LogP contribution in [0.4, 0.5) is 4.39 Å². The molecule has 70 valence electrons. The van der Waals surface area contributed by atoms with Gasteiger partial charge in [-0.2, -0.15) is 0 Å². The molecule has 1 atom stereocenters. The number of hydrogen-bond donors (Lipinski definition) is 1. The SMILES string of the molecule is [2H]C([2H])([2H])N1CCC(=CF)[C@@](C)(C([2H])([2H])O)C1. The Bertz CT molecular complexity index is 324. The van der Waals surface area contributed by atoms with Crippen molar-refractivity contribution in [1.82, 2.24) is 4.90 Å². The highest BCUT2D eigenvalue weighted by molar-refractivity contribution is 5.15. The van der Waals surface area contributed by atoms with Crippen LogP contribution in [0.15, 0.2) is 11.9 Å². The van der Waals surface area contributed by atoms with Crippen molar-refractivity contribution < 1.29 is 16.4 Å². The molecule has 2 nitrogen and oxygen atoms in total. The van der Waals surface area contributed by atoms with Gasteiger partial charge in [-0.3, -0.25) is 0 Å². The average Bonchev–Trinajstić information content (AvgIpc) is 2.14. The van der Waals surface area contributed by atoms with Gasteiger partial charge in [0.15, 0.2) is 0 Å². The maximum Gasteiger partial charge on any atom is 0.0866 e. The fourth-order valence-corrected chi connectivity index (χ4v) is 1.38. The highest BCUT2D eigenvalue weighted by Crippen LogP contribution is 2.33. The van der Waals surface area contributed by atoms with Gasteiger partial charge in [-0.1, -0.05) is 6.92 Å². The summed E-state index contributed by atoms with van der Waals surface area (Å²) in [6.45, 7) is -3.83. The summed E-state index contributed by atoms with van der Waals surface area (Å²) < 4.78 is 49.3. The first-order valence-corrected chi connectivity index (χ1v) is 3.79. The van der Waals surface area contributed by atoms with Crippen molar-refractivity contribution in [2.24, 2.45) is 5.41 Å². The van der Waals surface area contributed by atoms with Crippen LogP contribution in [0.5, 0.6) is 0 Å². The quantitative estimate of drug-likeness (QED) is 0.651. The van der Waals surface area contributed by atoms with Gasteiger partial charge >= 0.3 is 0 Å². The highest BCUT2D eigenvalue weighted by atomic mass is 19.1. The van der Waals surface area contributed by atoms with E-state index in [-0.39, 0.29) is 31.4 Å². The summed E-state index contributed by atoms with van der Waals surface area (Å²) in [6, 6.07) is 0. The maximum atomic E-state index is 12.7. The second-order valence-corrected chi connectivity index (χ2v) is 3.25. The van der Waals surface area contributed by atoms with Crippen molar-refractivity contribution in [3.63, 3.8) is 0 Å². The zero-order chi connectivity index (χ0) is 13.5. The van der Waals surface area contributed by atoms with E-state index < -0.39 is 18.9 Å². The molecule has 0 amide bonds. The fourth-order valence-electron chi connectivity index (χ4n) is 1.38. The Morgan fingerprint density at radius 2 is 2.75 bits per heavy atom. The van der Waals surface area contributed by atoms with Gasteiger partial charge < -0.3 is 10.0 Å². The van der Waals surface area contributed by atoms with Gasteiger partial charge in [0.25, 0.3) is 0 Å². The average molecular weight is 178 g/mol. The summed E-state index contributed by atoms with van der Waals surface area (Å²) >= 11 is 0. The third kappa shape index (κ3) is 1.67. The summed E-state index contributed by atoms with van der Waals surface area (Å²) in [5.74, 6) is 0. The fraction of sp³-hybridized carbons (Fsp3) is 0.778. The number of hydrogen-bond acceptors (Lipinski definition) is 2. The Kier molecular flexibility index (Phi) is 1.39. The molecule has 1 saturated heterocycles. The van der Waals surface area contributed by atoms with E-state index in [4.69, 9.17) is 6.85 Å². The van der Waals surface area contributed by atoms with Gasteiger partial charge in [0.05, 0.1) is 15.6 Å². The molecule has 12 heavy (non-hydrogen) atoms. The zero-order valence-electron chi connectivity index (χ0n) is 12.0. The number of piperidine rings is 1. The van der Waals surface area contributed by atoms with Crippen molar-refractivity contribution in [3.05, 3.63) is 11.9 Å². The summed E-state index contributed by atoms with van der Waals surface area (Å²) in [7, 11) is 0.